The van der Waals surface area contributed by atoms with Crippen LogP contribution in [0.5, 0.6) is 0 Å². The van der Waals surface area contributed by atoms with Crippen molar-refractivity contribution in [3.8, 4) is 0 Å². The second-order valence-corrected chi connectivity index (χ2v) is 2.20. The van der Waals surface area contributed by atoms with E-state index in [4.69, 9.17) is 11.5 Å². The largest absolute Gasteiger partial charge is 0.464 e. The number of carbonyl (C=O) groups excluding carboxylic acids is 1. The summed E-state index contributed by atoms with van der Waals surface area (Å²) < 4.78 is 4.43. The summed E-state index contributed by atoms with van der Waals surface area (Å²) in [6.45, 7) is 0. The van der Waals surface area contributed by atoms with Crippen molar-refractivity contribution in [2.45, 2.75) is 0 Å². The number of methoxy groups -OCH3 is 1. The minimum atomic E-state index is -0.563. The summed E-state index contributed by atoms with van der Waals surface area (Å²) in [4.78, 5) is 14.7. The Hall–Kier alpha value is -1.78. The fraction of sp³-hybridized carbons (Fsp3) is 0.143. The van der Waals surface area contributed by atoms with E-state index < -0.39 is 5.97 Å². The molecule has 0 aliphatic rings. The number of carbonyl (C=O) groups is 1. The van der Waals surface area contributed by atoms with E-state index in [1.807, 2.05) is 0 Å². The van der Waals surface area contributed by atoms with E-state index >= 15 is 0 Å². The molecule has 0 atom stereocenters. The molecule has 0 saturated carbocycles. The van der Waals surface area contributed by atoms with Crippen LogP contribution >= 0.6 is 0 Å². The summed E-state index contributed by atoms with van der Waals surface area (Å²) in [6, 6.07) is 1.46. The number of ether oxygens (including phenoxy) is 1. The van der Waals surface area contributed by atoms with Crippen molar-refractivity contribution in [3.63, 3.8) is 0 Å². The van der Waals surface area contributed by atoms with Gasteiger partial charge in [-0.3, -0.25) is 0 Å². The standard InChI is InChI=1S/C7H9N3O2/c1-12-7(11)6-5(9)2-4(8)3-10-6/h2-3H,8-9H2,1H3. The molecule has 1 aromatic heterocycles. The van der Waals surface area contributed by atoms with Crippen molar-refractivity contribution in [1.82, 2.24) is 4.98 Å². The summed E-state index contributed by atoms with van der Waals surface area (Å²) in [5, 5.41) is 0. The second kappa shape index (κ2) is 3.08. The highest BCUT2D eigenvalue weighted by Crippen LogP contribution is 2.12. The zero-order valence-corrected chi connectivity index (χ0v) is 6.57. The van der Waals surface area contributed by atoms with Crippen LogP contribution in [0.2, 0.25) is 0 Å². The zero-order chi connectivity index (χ0) is 9.14. The van der Waals surface area contributed by atoms with Gasteiger partial charge in [0.15, 0.2) is 5.69 Å². The van der Waals surface area contributed by atoms with Gasteiger partial charge in [-0.05, 0) is 6.07 Å². The zero-order valence-electron chi connectivity index (χ0n) is 6.57. The predicted molar refractivity (Wildman–Crippen MR) is 44.4 cm³/mol. The molecule has 0 unspecified atom stereocenters. The van der Waals surface area contributed by atoms with E-state index in [-0.39, 0.29) is 11.4 Å². The summed E-state index contributed by atoms with van der Waals surface area (Å²) in [5.41, 5.74) is 11.6. The average molecular weight is 167 g/mol. The van der Waals surface area contributed by atoms with Gasteiger partial charge in [-0.25, -0.2) is 9.78 Å². The first-order valence-electron chi connectivity index (χ1n) is 3.24. The lowest BCUT2D eigenvalue weighted by Gasteiger charge is -2.02. The minimum absolute atomic E-state index is 0.0895. The number of nitrogens with two attached hydrogens (primary N) is 2. The van der Waals surface area contributed by atoms with Crippen molar-refractivity contribution in [2.75, 3.05) is 18.6 Å². The molecule has 0 radical (unpaired) electrons. The molecule has 0 aliphatic heterocycles. The molecule has 0 bridgehead atoms. The van der Waals surface area contributed by atoms with Gasteiger partial charge < -0.3 is 16.2 Å². The van der Waals surface area contributed by atoms with Crippen molar-refractivity contribution in [3.05, 3.63) is 18.0 Å². The smallest absolute Gasteiger partial charge is 0.358 e. The highest BCUT2D eigenvalue weighted by molar-refractivity contribution is 5.93. The molecule has 4 N–H and O–H groups in total. The Morgan fingerprint density at radius 2 is 2.25 bits per heavy atom. The second-order valence-electron chi connectivity index (χ2n) is 2.20. The van der Waals surface area contributed by atoms with Gasteiger partial charge in [0.25, 0.3) is 0 Å². The van der Waals surface area contributed by atoms with Gasteiger partial charge in [0.2, 0.25) is 0 Å². The average Bonchev–Trinajstić information content (AvgIpc) is 2.03. The van der Waals surface area contributed by atoms with Crippen molar-refractivity contribution in [2.24, 2.45) is 0 Å². The van der Waals surface area contributed by atoms with Crippen LogP contribution < -0.4 is 11.5 Å². The van der Waals surface area contributed by atoms with Gasteiger partial charge in [-0.2, -0.15) is 0 Å². The van der Waals surface area contributed by atoms with E-state index in [9.17, 15) is 4.79 Å². The summed E-state index contributed by atoms with van der Waals surface area (Å²) >= 11 is 0. The molecule has 0 aliphatic carbocycles. The van der Waals surface area contributed by atoms with Crippen LogP contribution in [0, 0.1) is 0 Å². The van der Waals surface area contributed by atoms with Crippen LogP contribution in [0.25, 0.3) is 0 Å². The molecule has 0 amide bonds. The molecule has 1 heterocycles. The molecule has 0 aromatic carbocycles. The Morgan fingerprint density at radius 1 is 1.58 bits per heavy atom. The van der Waals surface area contributed by atoms with Gasteiger partial charge in [0.05, 0.1) is 24.7 Å². The number of esters is 1. The van der Waals surface area contributed by atoms with E-state index in [0.717, 1.165) is 0 Å². The summed E-state index contributed by atoms with van der Waals surface area (Å²) in [5.74, 6) is -0.563. The molecule has 64 valence electrons. The molecular weight excluding hydrogens is 158 g/mol. The lowest BCUT2D eigenvalue weighted by Crippen LogP contribution is -2.08. The number of pyridine rings is 1. The maximum absolute atomic E-state index is 10.9. The molecule has 1 aromatic rings. The molecule has 5 heteroatoms. The third-order valence-electron chi connectivity index (χ3n) is 1.32. The van der Waals surface area contributed by atoms with Crippen LogP contribution in [0.4, 0.5) is 11.4 Å². The Kier molecular flexibility index (Phi) is 2.14. The molecular formula is C7H9N3O2. The number of anilines is 2. The van der Waals surface area contributed by atoms with E-state index in [2.05, 4.69) is 9.72 Å². The van der Waals surface area contributed by atoms with E-state index in [1.165, 1.54) is 19.4 Å². The first kappa shape index (κ1) is 8.32. The fourth-order valence-electron chi connectivity index (χ4n) is 0.766. The number of aromatic nitrogens is 1. The lowest BCUT2D eigenvalue weighted by molar-refractivity contribution is 0.0595. The van der Waals surface area contributed by atoms with Crippen molar-refractivity contribution in [1.29, 1.82) is 0 Å². The number of hydrogen-bond acceptors (Lipinski definition) is 5. The van der Waals surface area contributed by atoms with Gasteiger partial charge in [-0.1, -0.05) is 0 Å². The highest BCUT2D eigenvalue weighted by Gasteiger charge is 2.10. The van der Waals surface area contributed by atoms with Crippen molar-refractivity contribution < 1.29 is 9.53 Å². The molecule has 12 heavy (non-hydrogen) atoms. The Bertz CT molecular complexity index is 312. The molecule has 5 nitrogen and oxygen atoms in total. The van der Waals surface area contributed by atoms with Crippen LogP contribution in [0.3, 0.4) is 0 Å². The van der Waals surface area contributed by atoms with Gasteiger partial charge in [0.1, 0.15) is 0 Å². The molecule has 0 spiro atoms. The topological polar surface area (TPSA) is 91.2 Å². The van der Waals surface area contributed by atoms with Crippen LogP contribution in [0.1, 0.15) is 10.5 Å². The van der Waals surface area contributed by atoms with E-state index in [1.54, 1.807) is 0 Å². The maximum atomic E-state index is 10.9. The van der Waals surface area contributed by atoms with Gasteiger partial charge >= 0.3 is 5.97 Å². The normalized spacial score (nSPS) is 9.42. The van der Waals surface area contributed by atoms with Crippen LogP contribution in [-0.4, -0.2) is 18.1 Å². The Balaban J connectivity index is 3.09. The van der Waals surface area contributed by atoms with Gasteiger partial charge in [-0.15, -0.1) is 0 Å². The first-order valence-corrected chi connectivity index (χ1v) is 3.24. The van der Waals surface area contributed by atoms with Crippen LogP contribution in [0.15, 0.2) is 12.3 Å². The predicted octanol–water partition coefficient (Wildman–Crippen LogP) is 0.0326. The number of hydrogen-bond donors (Lipinski definition) is 2. The fourth-order valence-corrected chi connectivity index (χ4v) is 0.766. The monoisotopic (exact) mass is 167 g/mol. The SMILES string of the molecule is COC(=O)c1ncc(N)cc1N. The van der Waals surface area contributed by atoms with Crippen molar-refractivity contribution >= 4 is 17.3 Å². The maximum Gasteiger partial charge on any atom is 0.358 e. The third-order valence-corrected chi connectivity index (χ3v) is 1.32. The highest BCUT2D eigenvalue weighted by atomic mass is 16.5. The third kappa shape index (κ3) is 1.45. The summed E-state index contributed by atoms with van der Waals surface area (Å²) in [6.07, 6.45) is 1.35. The molecule has 0 saturated heterocycles. The molecule has 0 fully saturated rings. The molecule has 1 rings (SSSR count). The number of rotatable bonds is 1. The first-order chi connectivity index (χ1) is 5.65. The minimum Gasteiger partial charge on any atom is -0.464 e. The summed E-state index contributed by atoms with van der Waals surface area (Å²) in [7, 11) is 1.26. The lowest BCUT2D eigenvalue weighted by atomic mass is 10.3. The number of nitrogen functional groups attached to an aromatic ring is 2. The number of nitrogens with zero attached hydrogens (tertiary/aromatic N) is 1. The van der Waals surface area contributed by atoms with Crippen LogP contribution in [-0.2, 0) is 4.74 Å². The Morgan fingerprint density at radius 3 is 2.75 bits per heavy atom. The van der Waals surface area contributed by atoms with Gasteiger partial charge in [0, 0.05) is 0 Å². The Labute approximate surface area is 69.3 Å². The van der Waals surface area contributed by atoms with E-state index in [0.29, 0.717) is 5.69 Å². The quantitative estimate of drug-likeness (QED) is 0.576.